The predicted octanol–water partition coefficient (Wildman–Crippen LogP) is 1.60. The second-order valence-electron chi connectivity index (χ2n) is 6.77. The predicted molar refractivity (Wildman–Crippen MR) is 102 cm³/mol. The van der Waals surface area contributed by atoms with Gasteiger partial charge in [-0.25, -0.2) is 8.42 Å². The fourth-order valence-corrected chi connectivity index (χ4v) is 3.93. The number of hydrogen-bond acceptors (Lipinski definition) is 4. The van der Waals surface area contributed by atoms with Crippen molar-refractivity contribution < 1.29 is 13.2 Å². The first-order valence-electron chi connectivity index (χ1n) is 8.58. The number of aryl methyl sites for hydroxylation is 1. The fourth-order valence-electron chi connectivity index (χ4n) is 2.70. The lowest BCUT2D eigenvalue weighted by molar-refractivity contribution is -0.122. The van der Waals surface area contributed by atoms with Gasteiger partial charge in [-0.2, -0.15) is 4.31 Å². The Balaban J connectivity index is 2.34. The lowest BCUT2D eigenvalue weighted by Crippen LogP contribution is -2.39. The van der Waals surface area contributed by atoms with E-state index in [-0.39, 0.29) is 11.9 Å². The first-order valence-corrected chi connectivity index (χ1v) is 10.4. The average molecular weight is 370 g/mol. The zero-order valence-corrected chi connectivity index (χ0v) is 16.8. The number of likely N-dealkylation sites (N-methyl/N-ethyl adjacent to an activating group) is 1. The quantitative estimate of drug-likeness (QED) is 0.636. The highest BCUT2D eigenvalue weighted by Gasteiger charge is 2.19. The van der Waals surface area contributed by atoms with Gasteiger partial charge in [0.25, 0.3) is 0 Å². The number of carbonyl (C=O) groups excluding carboxylic acids is 1. The number of rotatable bonds is 10. The maximum atomic E-state index is 12.0. The van der Waals surface area contributed by atoms with E-state index < -0.39 is 10.0 Å². The summed E-state index contributed by atoms with van der Waals surface area (Å²) in [4.78, 5) is 14.0. The summed E-state index contributed by atoms with van der Waals surface area (Å²) < 4.78 is 24.8. The van der Waals surface area contributed by atoms with E-state index in [4.69, 9.17) is 0 Å². The Labute approximate surface area is 152 Å². The number of carbonyl (C=O) groups is 1. The normalized spacial score (nSPS) is 12.2. The van der Waals surface area contributed by atoms with Crippen LogP contribution in [-0.2, 0) is 21.4 Å². The minimum atomic E-state index is -3.21. The van der Waals surface area contributed by atoms with Crippen molar-refractivity contribution in [3.05, 3.63) is 35.4 Å². The van der Waals surface area contributed by atoms with Crippen molar-refractivity contribution in [2.45, 2.75) is 39.8 Å². The molecule has 0 bridgehead atoms. The summed E-state index contributed by atoms with van der Waals surface area (Å²) in [5.74, 6) is -0.0495. The van der Waals surface area contributed by atoms with Crippen LogP contribution in [0.4, 0.5) is 0 Å². The van der Waals surface area contributed by atoms with E-state index in [0.717, 1.165) is 6.54 Å². The highest BCUT2D eigenvalue weighted by Crippen LogP contribution is 2.09. The van der Waals surface area contributed by atoms with Gasteiger partial charge in [0.2, 0.25) is 15.9 Å². The first-order chi connectivity index (χ1) is 11.6. The SMILES string of the molecule is Cc1ccccc1CN(C)CC(=O)NCCCN(C(C)C)S(C)(=O)=O. The van der Waals surface area contributed by atoms with Crippen LogP contribution >= 0.6 is 0 Å². The molecule has 0 fully saturated rings. The smallest absolute Gasteiger partial charge is 0.234 e. The number of sulfonamides is 1. The monoisotopic (exact) mass is 369 g/mol. The molecular weight excluding hydrogens is 338 g/mol. The van der Waals surface area contributed by atoms with E-state index in [0.29, 0.717) is 26.1 Å². The van der Waals surface area contributed by atoms with Crippen molar-refractivity contribution in [1.29, 1.82) is 0 Å². The van der Waals surface area contributed by atoms with Gasteiger partial charge < -0.3 is 5.32 Å². The highest BCUT2D eigenvalue weighted by atomic mass is 32.2. The van der Waals surface area contributed by atoms with Gasteiger partial charge in [-0.05, 0) is 45.4 Å². The largest absolute Gasteiger partial charge is 0.355 e. The fraction of sp³-hybridized carbons (Fsp3) is 0.611. The zero-order valence-electron chi connectivity index (χ0n) is 15.9. The topological polar surface area (TPSA) is 69.7 Å². The van der Waals surface area contributed by atoms with Gasteiger partial charge in [-0.15, -0.1) is 0 Å². The molecule has 0 aliphatic carbocycles. The molecule has 0 atom stereocenters. The number of nitrogens with zero attached hydrogens (tertiary/aromatic N) is 2. The lowest BCUT2D eigenvalue weighted by atomic mass is 10.1. The van der Waals surface area contributed by atoms with Gasteiger partial charge in [0.05, 0.1) is 12.8 Å². The van der Waals surface area contributed by atoms with Gasteiger partial charge in [-0.1, -0.05) is 24.3 Å². The molecule has 0 aliphatic heterocycles. The molecule has 6 nitrogen and oxygen atoms in total. The van der Waals surface area contributed by atoms with Crippen LogP contribution in [0.15, 0.2) is 24.3 Å². The molecule has 25 heavy (non-hydrogen) atoms. The van der Waals surface area contributed by atoms with Gasteiger partial charge in [0.1, 0.15) is 0 Å². The average Bonchev–Trinajstić information content (AvgIpc) is 2.47. The maximum absolute atomic E-state index is 12.0. The summed E-state index contributed by atoms with van der Waals surface area (Å²) in [7, 11) is -1.30. The molecule has 1 amide bonds. The number of nitrogens with one attached hydrogen (secondary N) is 1. The van der Waals surface area contributed by atoms with Gasteiger partial charge in [0, 0.05) is 25.7 Å². The molecule has 0 radical (unpaired) electrons. The highest BCUT2D eigenvalue weighted by molar-refractivity contribution is 7.88. The minimum absolute atomic E-state index is 0.0495. The summed E-state index contributed by atoms with van der Waals surface area (Å²) in [6.45, 7) is 7.67. The third-order valence-electron chi connectivity index (χ3n) is 3.99. The number of hydrogen-bond donors (Lipinski definition) is 1. The van der Waals surface area contributed by atoms with Gasteiger partial charge in [0.15, 0.2) is 0 Å². The van der Waals surface area contributed by atoms with Crippen molar-refractivity contribution in [3.63, 3.8) is 0 Å². The maximum Gasteiger partial charge on any atom is 0.234 e. The molecule has 1 aromatic carbocycles. The molecule has 1 aromatic rings. The molecule has 0 aromatic heterocycles. The number of amides is 1. The standard InChI is InChI=1S/C18H31N3O3S/c1-15(2)21(25(5,23)24)12-8-11-19-18(22)14-20(4)13-17-10-7-6-9-16(17)3/h6-7,9-10,15H,8,11-14H2,1-5H3,(H,19,22). The Morgan fingerprint density at radius 2 is 1.88 bits per heavy atom. The Morgan fingerprint density at radius 3 is 2.44 bits per heavy atom. The molecule has 0 unspecified atom stereocenters. The molecule has 0 saturated carbocycles. The molecule has 0 saturated heterocycles. The van der Waals surface area contributed by atoms with Crippen molar-refractivity contribution in [1.82, 2.24) is 14.5 Å². The van der Waals surface area contributed by atoms with Crippen molar-refractivity contribution >= 4 is 15.9 Å². The van der Waals surface area contributed by atoms with Crippen LogP contribution in [0.5, 0.6) is 0 Å². The molecular formula is C18H31N3O3S. The second kappa shape index (κ2) is 9.89. The summed E-state index contributed by atoms with van der Waals surface area (Å²) in [5, 5.41) is 2.86. The van der Waals surface area contributed by atoms with E-state index >= 15 is 0 Å². The Kier molecular flexibility index (Phi) is 8.55. The van der Waals surface area contributed by atoms with Crippen LogP contribution in [0.1, 0.15) is 31.4 Å². The Morgan fingerprint density at radius 1 is 1.24 bits per heavy atom. The summed E-state index contributed by atoms with van der Waals surface area (Å²) in [5.41, 5.74) is 2.42. The van der Waals surface area contributed by atoms with Gasteiger partial charge in [-0.3, -0.25) is 9.69 Å². The van der Waals surface area contributed by atoms with Crippen LogP contribution in [0.3, 0.4) is 0 Å². The third kappa shape index (κ3) is 7.98. The Hall–Kier alpha value is -1.44. The van der Waals surface area contributed by atoms with Crippen LogP contribution in [0.2, 0.25) is 0 Å². The summed E-state index contributed by atoms with van der Waals surface area (Å²) in [6, 6.07) is 8.05. The van der Waals surface area contributed by atoms with E-state index in [1.165, 1.54) is 21.7 Å². The Bertz CT molecular complexity index is 659. The lowest BCUT2D eigenvalue weighted by Gasteiger charge is -2.24. The van der Waals surface area contributed by atoms with Crippen molar-refractivity contribution in [2.24, 2.45) is 0 Å². The zero-order chi connectivity index (χ0) is 19.0. The molecule has 1 rings (SSSR count). The van der Waals surface area contributed by atoms with Crippen LogP contribution in [0.25, 0.3) is 0 Å². The third-order valence-corrected chi connectivity index (χ3v) is 5.45. The van der Waals surface area contributed by atoms with Crippen LogP contribution < -0.4 is 5.32 Å². The molecule has 7 heteroatoms. The van der Waals surface area contributed by atoms with E-state index in [1.807, 2.05) is 37.9 Å². The van der Waals surface area contributed by atoms with Crippen molar-refractivity contribution in [3.8, 4) is 0 Å². The van der Waals surface area contributed by atoms with Crippen LogP contribution in [-0.4, -0.2) is 62.5 Å². The second-order valence-corrected chi connectivity index (χ2v) is 8.70. The molecule has 0 aliphatic rings. The molecule has 0 spiro atoms. The van der Waals surface area contributed by atoms with Crippen LogP contribution in [0, 0.1) is 6.92 Å². The number of benzene rings is 1. The molecule has 1 N–H and O–H groups in total. The molecule has 142 valence electrons. The molecule has 0 heterocycles. The van der Waals surface area contributed by atoms with E-state index in [9.17, 15) is 13.2 Å². The van der Waals surface area contributed by atoms with Gasteiger partial charge >= 0.3 is 0 Å². The minimum Gasteiger partial charge on any atom is -0.355 e. The first kappa shape index (κ1) is 21.6. The van der Waals surface area contributed by atoms with Crippen molar-refractivity contribution in [2.75, 3.05) is 32.9 Å². The summed E-state index contributed by atoms with van der Waals surface area (Å²) in [6.07, 6.45) is 1.81. The van der Waals surface area contributed by atoms with E-state index in [1.54, 1.807) is 0 Å². The summed E-state index contributed by atoms with van der Waals surface area (Å²) >= 11 is 0. The van der Waals surface area contributed by atoms with E-state index in [2.05, 4.69) is 24.4 Å².